The van der Waals surface area contributed by atoms with Crippen LogP contribution in [0.3, 0.4) is 0 Å². The van der Waals surface area contributed by atoms with Crippen molar-refractivity contribution in [3.63, 3.8) is 0 Å². The smallest absolute Gasteiger partial charge is 0.320 e. The van der Waals surface area contributed by atoms with E-state index in [9.17, 15) is 9.90 Å². The summed E-state index contributed by atoms with van der Waals surface area (Å²) in [5.74, 6) is 0.487. The van der Waals surface area contributed by atoms with Gasteiger partial charge in [0.05, 0.1) is 12.1 Å². The highest BCUT2D eigenvalue weighted by Crippen LogP contribution is 2.49. The van der Waals surface area contributed by atoms with Gasteiger partial charge in [0.2, 0.25) is 0 Å². The molecule has 0 spiro atoms. The monoisotopic (exact) mass is 403 g/mol. The van der Waals surface area contributed by atoms with Gasteiger partial charge in [-0.3, -0.25) is 14.7 Å². The number of carboxylic acids is 1. The van der Waals surface area contributed by atoms with E-state index in [1.54, 1.807) is 0 Å². The quantitative estimate of drug-likeness (QED) is 0.721. The number of aliphatic imine (C=N–C) groups is 1. The fraction of sp³-hybridized carbons (Fsp3) is 0.833. The number of likely N-dealkylation sites (tertiary alicyclic amines) is 1. The summed E-state index contributed by atoms with van der Waals surface area (Å²) in [5, 5.41) is 9.83. The molecule has 3 atom stereocenters. The van der Waals surface area contributed by atoms with Crippen LogP contribution < -0.4 is 0 Å². The van der Waals surface area contributed by atoms with Gasteiger partial charge in [-0.2, -0.15) is 0 Å². The molecule has 2 saturated heterocycles. The molecule has 5 nitrogen and oxygen atoms in total. The maximum atomic E-state index is 12.0. The van der Waals surface area contributed by atoms with Crippen LogP contribution in [0.15, 0.2) is 16.3 Å². The van der Waals surface area contributed by atoms with Crippen LogP contribution in [0.1, 0.15) is 81.6 Å². The third-order valence-corrected chi connectivity index (χ3v) is 6.57. The van der Waals surface area contributed by atoms with E-state index in [0.717, 1.165) is 38.2 Å². The summed E-state index contributed by atoms with van der Waals surface area (Å²) in [7, 11) is 0. The molecule has 164 valence electrons. The highest BCUT2D eigenvalue weighted by atomic mass is 16.4. The summed E-state index contributed by atoms with van der Waals surface area (Å²) in [4.78, 5) is 22.1. The Morgan fingerprint density at radius 3 is 2.07 bits per heavy atom. The first-order valence-electron chi connectivity index (χ1n) is 11.2. The van der Waals surface area contributed by atoms with E-state index in [1.165, 1.54) is 11.3 Å². The van der Waals surface area contributed by atoms with Crippen molar-refractivity contribution in [1.29, 1.82) is 0 Å². The lowest BCUT2D eigenvalue weighted by Gasteiger charge is -2.47. The van der Waals surface area contributed by atoms with Gasteiger partial charge in [-0.25, -0.2) is 0 Å². The zero-order valence-electron chi connectivity index (χ0n) is 20.0. The van der Waals surface area contributed by atoms with Crippen molar-refractivity contribution in [3.05, 3.63) is 11.3 Å². The van der Waals surface area contributed by atoms with Gasteiger partial charge in [-0.1, -0.05) is 62.3 Å². The predicted octanol–water partition coefficient (Wildman–Crippen LogP) is 4.78. The average molecular weight is 404 g/mol. The molecular weight excluding hydrogens is 362 g/mol. The summed E-state index contributed by atoms with van der Waals surface area (Å²) < 4.78 is 0. The van der Waals surface area contributed by atoms with Crippen molar-refractivity contribution in [1.82, 2.24) is 9.80 Å². The Hall–Kier alpha value is -1.36. The molecule has 0 aromatic heterocycles. The topological polar surface area (TPSA) is 56.1 Å². The average Bonchev–Trinajstić information content (AvgIpc) is 3.16. The normalized spacial score (nSPS) is 29.3. The summed E-state index contributed by atoms with van der Waals surface area (Å²) in [5.41, 5.74) is 2.67. The number of rotatable bonds is 2. The molecule has 0 aromatic rings. The zero-order valence-corrected chi connectivity index (χ0v) is 20.0. The number of aliphatic carboxylic acids is 1. The molecule has 0 bridgehead atoms. The van der Waals surface area contributed by atoms with Crippen LogP contribution >= 0.6 is 0 Å². The van der Waals surface area contributed by atoms with E-state index in [2.05, 4.69) is 72.1 Å². The van der Waals surface area contributed by atoms with E-state index in [0.29, 0.717) is 0 Å². The van der Waals surface area contributed by atoms with Crippen molar-refractivity contribution in [2.75, 3.05) is 13.1 Å². The van der Waals surface area contributed by atoms with Gasteiger partial charge < -0.3 is 10.0 Å². The summed E-state index contributed by atoms with van der Waals surface area (Å²) in [6.45, 7) is 22.2. The molecule has 3 heterocycles. The second-order valence-electron chi connectivity index (χ2n) is 12.2. The molecule has 0 aliphatic carbocycles. The van der Waals surface area contributed by atoms with E-state index < -0.39 is 5.97 Å². The van der Waals surface area contributed by atoms with Crippen LogP contribution in [0.5, 0.6) is 0 Å². The third kappa shape index (κ3) is 3.99. The molecule has 0 radical (unpaired) electrons. The van der Waals surface area contributed by atoms with Crippen LogP contribution in [0.25, 0.3) is 0 Å². The predicted molar refractivity (Wildman–Crippen MR) is 119 cm³/mol. The maximum Gasteiger partial charge on any atom is 0.320 e. The van der Waals surface area contributed by atoms with E-state index >= 15 is 0 Å². The highest BCUT2D eigenvalue weighted by Gasteiger charge is 2.50. The van der Waals surface area contributed by atoms with Crippen LogP contribution in [0, 0.1) is 16.2 Å². The van der Waals surface area contributed by atoms with Crippen LogP contribution in [-0.4, -0.2) is 57.9 Å². The summed E-state index contributed by atoms with van der Waals surface area (Å²) in [6, 6.07) is -0.0845. The Kier molecular flexibility index (Phi) is 5.47. The van der Waals surface area contributed by atoms with Crippen LogP contribution in [-0.2, 0) is 4.79 Å². The van der Waals surface area contributed by atoms with E-state index in [-0.39, 0.29) is 34.4 Å². The molecule has 5 heteroatoms. The van der Waals surface area contributed by atoms with Crippen molar-refractivity contribution in [2.45, 2.75) is 99.7 Å². The maximum absolute atomic E-state index is 12.0. The fourth-order valence-corrected chi connectivity index (χ4v) is 5.40. The molecule has 2 fully saturated rings. The van der Waals surface area contributed by atoms with Crippen molar-refractivity contribution < 1.29 is 9.90 Å². The van der Waals surface area contributed by atoms with E-state index in [4.69, 9.17) is 4.99 Å². The van der Waals surface area contributed by atoms with Gasteiger partial charge in [0, 0.05) is 17.7 Å². The molecule has 3 unspecified atom stereocenters. The molecule has 0 aromatic carbocycles. The van der Waals surface area contributed by atoms with Crippen molar-refractivity contribution in [2.24, 2.45) is 21.2 Å². The first-order chi connectivity index (χ1) is 13.1. The lowest BCUT2D eigenvalue weighted by Crippen LogP contribution is -2.50. The zero-order chi connectivity index (χ0) is 21.9. The number of hydrogen-bond acceptors (Lipinski definition) is 4. The standard InChI is InChI=1S/C24H41N3O2/c1-22(2,3)17-18-15(26-13-10-11-16(26)20(28)29)12-14-27(18)21(24(7,8)9)25-19(17)23(4,5)6/h15-16,19H,10-14H2,1-9H3,(H,28,29). The van der Waals surface area contributed by atoms with Gasteiger partial charge in [0.25, 0.3) is 0 Å². The second-order valence-corrected chi connectivity index (χ2v) is 12.2. The van der Waals surface area contributed by atoms with Crippen molar-refractivity contribution >= 4 is 11.8 Å². The largest absolute Gasteiger partial charge is 0.480 e. The number of amidine groups is 1. The SMILES string of the molecule is CC(C)(C)C1=NC(C(C)(C)C)C(C(C)(C)C)=C2C(N3CCCC3C(=O)O)CCN12. The molecule has 3 rings (SSSR count). The van der Waals surface area contributed by atoms with Crippen LogP contribution in [0.2, 0.25) is 0 Å². The fourth-order valence-electron chi connectivity index (χ4n) is 5.40. The van der Waals surface area contributed by atoms with E-state index in [1.807, 2.05) is 0 Å². The van der Waals surface area contributed by atoms with Gasteiger partial charge in [0.15, 0.2) is 0 Å². The number of fused-ring (bicyclic) bond motifs is 1. The van der Waals surface area contributed by atoms with Crippen molar-refractivity contribution in [3.8, 4) is 0 Å². The molecule has 29 heavy (non-hydrogen) atoms. The first-order valence-corrected chi connectivity index (χ1v) is 11.2. The van der Waals surface area contributed by atoms with Gasteiger partial charge in [-0.15, -0.1) is 0 Å². The molecule has 3 aliphatic rings. The molecule has 0 saturated carbocycles. The Morgan fingerprint density at radius 1 is 0.966 bits per heavy atom. The molecule has 3 aliphatic heterocycles. The molecule has 1 N–H and O–H groups in total. The number of carbonyl (C=O) groups is 1. The highest BCUT2D eigenvalue weighted by molar-refractivity contribution is 5.91. The summed E-state index contributed by atoms with van der Waals surface area (Å²) in [6.07, 6.45) is 2.70. The third-order valence-electron chi connectivity index (χ3n) is 6.57. The lowest BCUT2D eigenvalue weighted by molar-refractivity contribution is -0.142. The first kappa shape index (κ1) is 22.3. The Balaban J connectivity index is 2.20. The number of hydrogen-bond donors (Lipinski definition) is 1. The molecule has 0 amide bonds. The van der Waals surface area contributed by atoms with Gasteiger partial charge in [-0.05, 0) is 42.2 Å². The summed E-state index contributed by atoms with van der Waals surface area (Å²) >= 11 is 0. The Morgan fingerprint density at radius 2 is 1.59 bits per heavy atom. The Labute approximate surface area is 177 Å². The van der Waals surface area contributed by atoms with Gasteiger partial charge >= 0.3 is 5.97 Å². The minimum absolute atomic E-state index is 0.00253. The Bertz CT molecular complexity index is 731. The minimum Gasteiger partial charge on any atom is -0.480 e. The molecular formula is C24H41N3O2. The number of nitrogens with zero attached hydrogens (tertiary/aromatic N) is 3. The van der Waals surface area contributed by atoms with Crippen LogP contribution in [0.4, 0.5) is 0 Å². The minimum atomic E-state index is -0.674. The number of carboxylic acid groups (broad SMARTS) is 1. The van der Waals surface area contributed by atoms with Gasteiger partial charge in [0.1, 0.15) is 11.9 Å². The lowest BCUT2D eigenvalue weighted by atomic mass is 9.70. The second kappa shape index (κ2) is 7.11.